The Bertz CT molecular complexity index is 420. The standard InChI is InChI=1S/C8H9N3O4.HNO3/c12-8(7-2-1-3-9-6-7)10-4-5-15-11(13)14;2-1(3)4/h1-3,6H,4-5H2,(H,10,12);(H,2,3,4). The molecule has 104 valence electrons. The third-order valence-electron chi connectivity index (χ3n) is 1.51. The van der Waals surface area contributed by atoms with Gasteiger partial charge in [-0.3, -0.25) is 9.78 Å². The van der Waals surface area contributed by atoms with Gasteiger partial charge in [0, 0.05) is 18.9 Å². The molecule has 0 bridgehead atoms. The summed E-state index contributed by atoms with van der Waals surface area (Å²) in [6.07, 6.45) is 2.95. The highest BCUT2D eigenvalue weighted by molar-refractivity contribution is 5.93. The van der Waals surface area contributed by atoms with Crippen molar-refractivity contribution < 1.29 is 25.0 Å². The summed E-state index contributed by atoms with van der Waals surface area (Å²) < 4.78 is 0. The van der Waals surface area contributed by atoms with E-state index >= 15 is 0 Å². The maximum atomic E-state index is 11.3. The fourth-order valence-electron chi connectivity index (χ4n) is 0.884. The molecule has 0 saturated carbocycles. The molecule has 1 amide bonds. The summed E-state index contributed by atoms with van der Waals surface area (Å²) in [5, 5.41) is 25.0. The molecule has 1 aromatic rings. The van der Waals surface area contributed by atoms with Crippen molar-refractivity contribution in [1.29, 1.82) is 0 Å². The van der Waals surface area contributed by atoms with Crippen molar-refractivity contribution in [2.45, 2.75) is 0 Å². The molecular weight excluding hydrogens is 264 g/mol. The molecule has 1 aromatic heterocycles. The second-order valence-corrected chi connectivity index (χ2v) is 2.79. The van der Waals surface area contributed by atoms with E-state index in [1.54, 1.807) is 18.3 Å². The van der Waals surface area contributed by atoms with E-state index in [-0.39, 0.29) is 19.1 Å². The topological polar surface area (TPSA) is 158 Å². The molecule has 1 rings (SSSR count). The lowest BCUT2D eigenvalue weighted by atomic mass is 10.3. The molecule has 11 heteroatoms. The second-order valence-electron chi connectivity index (χ2n) is 2.79. The Hall–Kier alpha value is -2.98. The Kier molecular flexibility index (Phi) is 7.67. The Morgan fingerprint density at radius 3 is 2.58 bits per heavy atom. The van der Waals surface area contributed by atoms with Crippen molar-refractivity contribution in [3.63, 3.8) is 0 Å². The largest absolute Gasteiger partial charge is 0.350 e. The van der Waals surface area contributed by atoms with Gasteiger partial charge < -0.3 is 15.4 Å². The third kappa shape index (κ3) is 9.92. The third-order valence-corrected chi connectivity index (χ3v) is 1.51. The number of amides is 1. The van der Waals surface area contributed by atoms with Gasteiger partial charge in [-0.05, 0) is 12.1 Å². The van der Waals surface area contributed by atoms with Crippen LogP contribution in [-0.4, -0.2) is 39.4 Å². The first-order valence-electron chi connectivity index (χ1n) is 4.72. The fourth-order valence-corrected chi connectivity index (χ4v) is 0.884. The summed E-state index contributed by atoms with van der Waals surface area (Å²) in [5.74, 6) is -0.338. The molecule has 19 heavy (non-hydrogen) atoms. The van der Waals surface area contributed by atoms with Gasteiger partial charge in [0.2, 0.25) is 0 Å². The number of carbonyl (C=O) groups is 1. The summed E-state index contributed by atoms with van der Waals surface area (Å²) in [6, 6.07) is 3.22. The van der Waals surface area contributed by atoms with E-state index in [1.807, 2.05) is 0 Å². The number of nitrogens with zero attached hydrogens (tertiary/aromatic N) is 3. The monoisotopic (exact) mass is 274 g/mol. The molecule has 0 atom stereocenters. The highest BCUT2D eigenvalue weighted by Gasteiger charge is 2.03. The van der Waals surface area contributed by atoms with Gasteiger partial charge in [0.15, 0.2) is 0 Å². The lowest BCUT2D eigenvalue weighted by Gasteiger charge is -2.03. The molecule has 11 nitrogen and oxygen atoms in total. The number of nitrogens with one attached hydrogen (secondary N) is 1. The number of aromatic nitrogens is 1. The van der Waals surface area contributed by atoms with E-state index in [2.05, 4.69) is 15.1 Å². The Morgan fingerprint density at radius 1 is 1.47 bits per heavy atom. The predicted molar refractivity (Wildman–Crippen MR) is 58.3 cm³/mol. The lowest BCUT2D eigenvalue weighted by molar-refractivity contribution is -0.757. The van der Waals surface area contributed by atoms with Crippen molar-refractivity contribution in [3.05, 3.63) is 50.3 Å². The average Bonchev–Trinajstić information content (AvgIpc) is 2.34. The molecule has 0 unspecified atom stereocenters. The minimum Gasteiger partial charge on any atom is -0.350 e. The minimum atomic E-state index is -1.50. The Morgan fingerprint density at radius 2 is 2.11 bits per heavy atom. The summed E-state index contributed by atoms with van der Waals surface area (Å²) in [4.78, 5) is 37.2. The maximum Gasteiger partial charge on any atom is 0.294 e. The fraction of sp³-hybridized carbons (Fsp3) is 0.250. The summed E-state index contributed by atoms with van der Waals surface area (Å²) in [6.45, 7) is -0.0896. The van der Waals surface area contributed by atoms with Crippen LogP contribution < -0.4 is 5.32 Å². The molecule has 0 radical (unpaired) electrons. The van der Waals surface area contributed by atoms with Crippen LogP contribution in [0.5, 0.6) is 0 Å². The molecule has 0 aliphatic rings. The van der Waals surface area contributed by atoms with Gasteiger partial charge in [-0.2, -0.15) is 0 Å². The van der Waals surface area contributed by atoms with Crippen molar-refractivity contribution in [2.24, 2.45) is 0 Å². The smallest absolute Gasteiger partial charge is 0.294 e. The van der Waals surface area contributed by atoms with Crippen molar-refractivity contribution in [3.8, 4) is 0 Å². The predicted octanol–water partition coefficient (Wildman–Crippen LogP) is -0.328. The lowest BCUT2D eigenvalue weighted by Crippen LogP contribution is -2.27. The Labute approximate surface area is 106 Å². The summed E-state index contributed by atoms with van der Waals surface area (Å²) in [7, 11) is 0. The molecule has 1 heterocycles. The normalized spacial score (nSPS) is 8.63. The van der Waals surface area contributed by atoms with Gasteiger partial charge >= 0.3 is 0 Å². The quantitative estimate of drug-likeness (QED) is 0.419. The van der Waals surface area contributed by atoms with Crippen LogP contribution in [0.1, 0.15) is 10.4 Å². The molecule has 0 fully saturated rings. The molecule has 2 N–H and O–H groups in total. The maximum absolute atomic E-state index is 11.3. The zero-order valence-electron chi connectivity index (χ0n) is 9.46. The van der Waals surface area contributed by atoms with Gasteiger partial charge in [0.05, 0.1) is 5.56 Å². The van der Waals surface area contributed by atoms with E-state index in [0.717, 1.165) is 0 Å². The molecule has 0 spiro atoms. The van der Waals surface area contributed by atoms with Crippen molar-refractivity contribution in [1.82, 2.24) is 10.3 Å². The zero-order valence-corrected chi connectivity index (χ0v) is 9.46. The van der Waals surface area contributed by atoms with Gasteiger partial charge in [0.1, 0.15) is 6.61 Å². The van der Waals surface area contributed by atoms with Crippen LogP contribution >= 0.6 is 0 Å². The molecule has 0 aliphatic heterocycles. The van der Waals surface area contributed by atoms with E-state index in [4.69, 9.17) is 15.3 Å². The van der Waals surface area contributed by atoms with E-state index < -0.39 is 10.2 Å². The summed E-state index contributed by atoms with van der Waals surface area (Å²) >= 11 is 0. The van der Waals surface area contributed by atoms with Crippen LogP contribution in [0, 0.1) is 20.2 Å². The van der Waals surface area contributed by atoms with Gasteiger partial charge in [-0.25, -0.2) is 0 Å². The zero-order chi connectivity index (χ0) is 14.7. The highest BCUT2D eigenvalue weighted by atomic mass is 16.9. The first-order valence-corrected chi connectivity index (χ1v) is 4.72. The number of carbonyl (C=O) groups excluding carboxylic acids is 1. The average molecular weight is 274 g/mol. The minimum absolute atomic E-state index is 0.0781. The molecule has 0 saturated heterocycles. The van der Waals surface area contributed by atoms with Crippen LogP contribution in [0.15, 0.2) is 24.5 Å². The van der Waals surface area contributed by atoms with E-state index in [1.165, 1.54) is 6.20 Å². The summed E-state index contributed by atoms with van der Waals surface area (Å²) in [5.41, 5.74) is 0.401. The molecule has 0 aromatic carbocycles. The SMILES string of the molecule is O=C(NCCO[N+](=O)[O-])c1cccnc1.O=[N+]([O-])O. The first-order chi connectivity index (χ1) is 8.93. The Balaban J connectivity index is 0.000000711. The van der Waals surface area contributed by atoms with Crippen LogP contribution in [0.25, 0.3) is 0 Å². The number of rotatable bonds is 5. The van der Waals surface area contributed by atoms with Crippen LogP contribution in [-0.2, 0) is 4.84 Å². The van der Waals surface area contributed by atoms with Crippen molar-refractivity contribution >= 4 is 5.91 Å². The number of hydrogen-bond acceptors (Lipinski definition) is 7. The van der Waals surface area contributed by atoms with Gasteiger partial charge in [0.25, 0.3) is 16.1 Å². The highest BCUT2D eigenvalue weighted by Crippen LogP contribution is 1.94. The van der Waals surface area contributed by atoms with Crippen LogP contribution in [0.3, 0.4) is 0 Å². The van der Waals surface area contributed by atoms with Crippen molar-refractivity contribution in [2.75, 3.05) is 13.2 Å². The van der Waals surface area contributed by atoms with Crippen LogP contribution in [0.4, 0.5) is 0 Å². The molecule has 0 aliphatic carbocycles. The second kappa shape index (κ2) is 9.09. The van der Waals surface area contributed by atoms with Gasteiger partial charge in [-0.1, -0.05) is 0 Å². The van der Waals surface area contributed by atoms with Gasteiger partial charge in [-0.15, -0.1) is 20.2 Å². The molecular formula is C8H10N4O7. The van der Waals surface area contributed by atoms with E-state index in [9.17, 15) is 14.9 Å². The van der Waals surface area contributed by atoms with Crippen LogP contribution in [0.2, 0.25) is 0 Å². The first kappa shape index (κ1) is 16.0. The number of pyridine rings is 1. The number of hydrogen-bond donors (Lipinski definition) is 2. The van der Waals surface area contributed by atoms with E-state index in [0.29, 0.717) is 5.56 Å².